The maximum atomic E-state index is 14.3. The lowest BCUT2D eigenvalue weighted by atomic mass is 9.67. The first-order valence-corrected chi connectivity index (χ1v) is 13.2. The van der Waals surface area contributed by atoms with Gasteiger partial charge < -0.3 is 9.64 Å². The van der Waals surface area contributed by atoms with Gasteiger partial charge in [0.05, 0.1) is 18.2 Å². The van der Waals surface area contributed by atoms with E-state index in [-0.39, 0.29) is 11.8 Å². The van der Waals surface area contributed by atoms with E-state index in [2.05, 4.69) is 6.92 Å². The van der Waals surface area contributed by atoms with Gasteiger partial charge in [-0.25, -0.2) is 9.69 Å². The predicted molar refractivity (Wildman–Crippen MR) is 140 cm³/mol. The number of β-lactam (4-membered cyclic amide) rings is 1. The molecule has 1 spiro atoms. The van der Waals surface area contributed by atoms with Crippen LogP contribution in [0.15, 0.2) is 54.6 Å². The zero-order valence-corrected chi connectivity index (χ0v) is 22.0. The highest BCUT2D eigenvalue weighted by Gasteiger charge is 2.72. The molecule has 4 rings (SSSR count). The first kappa shape index (κ1) is 25.9. The average molecular weight is 491 g/mol. The summed E-state index contributed by atoms with van der Waals surface area (Å²) in [5.74, 6) is -1.12. The Labute approximate surface area is 214 Å². The Morgan fingerprint density at radius 3 is 2.25 bits per heavy atom. The van der Waals surface area contributed by atoms with E-state index >= 15 is 0 Å². The third-order valence-corrected chi connectivity index (χ3v) is 7.16. The standard InChI is InChI=1S/C30H38N2O4/c1-5-6-7-8-9-13-19-24-26(33)32(28(35)36-29(2,3)4)30(24)23-18-14-15-20-25(23)31(27(30)34)21-22-16-11-10-12-17-22/h10-12,14-18,20,24H,5-9,13,19,21H2,1-4H3/t24-,30-/m0/s1. The highest BCUT2D eigenvalue weighted by molar-refractivity contribution is 6.19. The Kier molecular flexibility index (Phi) is 7.53. The number of likely N-dealkylation sites (tertiary alicyclic amines) is 1. The van der Waals surface area contributed by atoms with Crippen molar-refractivity contribution in [3.63, 3.8) is 0 Å². The molecule has 0 N–H and O–H groups in total. The highest BCUT2D eigenvalue weighted by Crippen LogP contribution is 2.57. The van der Waals surface area contributed by atoms with Gasteiger partial charge in [0.25, 0.3) is 5.91 Å². The van der Waals surface area contributed by atoms with Crippen LogP contribution in [0.25, 0.3) is 0 Å². The van der Waals surface area contributed by atoms with Gasteiger partial charge in [-0.05, 0) is 38.8 Å². The molecule has 3 amide bonds. The van der Waals surface area contributed by atoms with Gasteiger partial charge >= 0.3 is 6.09 Å². The van der Waals surface area contributed by atoms with Gasteiger partial charge in [0, 0.05) is 5.56 Å². The number of anilines is 1. The number of unbranched alkanes of at least 4 members (excludes halogenated alkanes) is 5. The third-order valence-electron chi connectivity index (χ3n) is 7.16. The second-order valence-electron chi connectivity index (χ2n) is 10.9. The molecule has 0 radical (unpaired) electrons. The predicted octanol–water partition coefficient (Wildman–Crippen LogP) is 6.57. The van der Waals surface area contributed by atoms with Crippen LogP contribution in [-0.4, -0.2) is 28.4 Å². The second-order valence-corrected chi connectivity index (χ2v) is 10.9. The summed E-state index contributed by atoms with van der Waals surface area (Å²) in [6.07, 6.45) is 6.35. The van der Waals surface area contributed by atoms with Crippen molar-refractivity contribution in [2.45, 2.75) is 90.3 Å². The molecule has 6 nitrogen and oxygen atoms in total. The van der Waals surface area contributed by atoms with Gasteiger partial charge in [0.15, 0.2) is 5.54 Å². The van der Waals surface area contributed by atoms with Gasteiger partial charge in [-0.15, -0.1) is 0 Å². The van der Waals surface area contributed by atoms with Crippen LogP contribution in [0.5, 0.6) is 0 Å². The fraction of sp³-hybridized carbons (Fsp3) is 0.500. The van der Waals surface area contributed by atoms with Crippen LogP contribution in [0.3, 0.4) is 0 Å². The Bertz CT molecular complexity index is 1110. The number of amides is 3. The van der Waals surface area contributed by atoms with Crippen LogP contribution in [0.1, 0.15) is 83.8 Å². The second kappa shape index (κ2) is 10.5. The monoisotopic (exact) mass is 490 g/mol. The van der Waals surface area contributed by atoms with E-state index < -0.39 is 23.2 Å². The molecule has 1 fully saturated rings. The summed E-state index contributed by atoms with van der Waals surface area (Å²) in [4.78, 5) is 44.0. The van der Waals surface area contributed by atoms with Crippen molar-refractivity contribution in [2.24, 2.45) is 5.92 Å². The van der Waals surface area contributed by atoms with Crippen LogP contribution in [0, 0.1) is 5.92 Å². The Morgan fingerprint density at radius 1 is 0.917 bits per heavy atom. The largest absolute Gasteiger partial charge is 0.443 e. The maximum absolute atomic E-state index is 14.3. The van der Waals surface area contributed by atoms with E-state index in [0.29, 0.717) is 18.5 Å². The number of fused-ring (bicyclic) bond motifs is 2. The summed E-state index contributed by atoms with van der Waals surface area (Å²) in [5, 5.41) is 0. The lowest BCUT2D eigenvalue weighted by molar-refractivity contribution is -0.175. The molecule has 36 heavy (non-hydrogen) atoms. The number of rotatable bonds is 9. The maximum Gasteiger partial charge on any atom is 0.418 e. The zero-order valence-electron chi connectivity index (χ0n) is 22.0. The molecule has 2 aromatic carbocycles. The fourth-order valence-corrected chi connectivity index (χ4v) is 5.54. The molecule has 6 heteroatoms. The summed E-state index contributed by atoms with van der Waals surface area (Å²) < 4.78 is 5.63. The summed E-state index contributed by atoms with van der Waals surface area (Å²) >= 11 is 0. The van der Waals surface area contributed by atoms with Crippen molar-refractivity contribution in [2.75, 3.05) is 4.90 Å². The van der Waals surface area contributed by atoms with Crippen molar-refractivity contribution in [1.29, 1.82) is 0 Å². The number of carbonyl (C=O) groups excluding carboxylic acids is 3. The number of ether oxygens (including phenoxy) is 1. The molecular formula is C30H38N2O4. The normalized spacial score (nSPS) is 21.1. The minimum atomic E-state index is -1.35. The van der Waals surface area contributed by atoms with Gasteiger partial charge in [-0.2, -0.15) is 0 Å². The number of nitrogens with zero attached hydrogens (tertiary/aromatic N) is 2. The molecule has 2 atom stereocenters. The summed E-state index contributed by atoms with van der Waals surface area (Å²) in [6, 6.07) is 17.3. The molecule has 0 unspecified atom stereocenters. The first-order chi connectivity index (χ1) is 17.2. The summed E-state index contributed by atoms with van der Waals surface area (Å²) in [6.45, 7) is 7.86. The van der Waals surface area contributed by atoms with E-state index in [1.165, 1.54) is 19.3 Å². The minimum absolute atomic E-state index is 0.228. The Hall–Kier alpha value is -3.15. The van der Waals surface area contributed by atoms with Crippen molar-refractivity contribution < 1.29 is 19.1 Å². The number of hydrogen-bond donors (Lipinski definition) is 0. The molecule has 0 saturated carbocycles. The molecule has 1 saturated heterocycles. The highest BCUT2D eigenvalue weighted by atomic mass is 16.6. The van der Waals surface area contributed by atoms with Crippen molar-refractivity contribution >= 4 is 23.6 Å². The smallest absolute Gasteiger partial charge is 0.418 e. The van der Waals surface area contributed by atoms with Gasteiger partial charge in [0.1, 0.15) is 5.60 Å². The van der Waals surface area contributed by atoms with Crippen LogP contribution in [0.4, 0.5) is 10.5 Å². The number of imide groups is 1. The molecule has 2 aromatic rings. The van der Waals surface area contributed by atoms with E-state index in [4.69, 9.17) is 4.74 Å². The van der Waals surface area contributed by atoms with Crippen molar-refractivity contribution in [3.05, 3.63) is 65.7 Å². The number of benzene rings is 2. The minimum Gasteiger partial charge on any atom is -0.443 e. The van der Waals surface area contributed by atoms with Crippen molar-refractivity contribution in [1.82, 2.24) is 4.90 Å². The molecule has 192 valence electrons. The quantitative estimate of drug-likeness (QED) is 0.294. The molecule has 2 aliphatic heterocycles. The van der Waals surface area contributed by atoms with E-state index in [1.807, 2.05) is 54.6 Å². The third kappa shape index (κ3) is 4.65. The Balaban J connectivity index is 1.69. The molecule has 0 bridgehead atoms. The lowest BCUT2D eigenvalue weighted by Crippen LogP contribution is -2.74. The van der Waals surface area contributed by atoms with Crippen LogP contribution in [-0.2, 0) is 26.4 Å². The summed E-state index contributed by atoms with van der Waals surface area (Å²) in [5.41, 5.74) is 0.314. The number of carbonyl (C=O) groups is 3. The zero-order chi connectivity index (χ0) is 25.9. The Morgan fingerprint density at radius 2 is 1.56 bits per heavy atom. The molecule has 0 aliphatic carbocycles. The van der Waals surface area contributed by atoms with E-state index in [9.17, 15) is 14.4 Å². The first-order valence-electron chi connectivity index (χ1n) is 13.2. The van der Waals surface area contributed by atoms with Crippen LogP contribution in [0.2, 0.25) is 0 Å². The summed E-state index contributed by atoms with van der Waals surface area (Å²) in [7, 11) is 0. The van der Waals surface area contributed by atoms with Gasteiger partial charge in [-0.1, -0.05) is 94.0 Å². The number of hydrogen-bond acceptors (Lipinski definition) is 4. The molecule has 0 aromatic heterocycles. The lowest BCUT2D eigenvalue weighted by Gasteiger charge is -2.52. The molecular weight excluding hydrogens is 452 g/mol. The number of para-hydroxylation sites is 1. The van der Waals surface area contributed by atoms with Crippen molar-refractivity contribution in [3.8, 4) is 0 Å². The average Bonchev–Trinajstić information content (AvgIpc) is 3.08. The van der Waals surface area contributed by atoms with E-state index in [1.54, 1.807) is 25.7 Å². The molecule has 2 aliphatic rings. The van der Waals surface area contributed by atoms with E-state index in [0.717, 1.165) is 35.4 Å². The SMILES string of the molecule is CCCCCCCC[C@H]1C(=O)N(C(=O)OC(C)(C)C)[C@]12C(=O)N(Cc1ccccc1)c1ccccc12. The van der Waals surface area contributed by atoms with Gasteiger partial charge in [-0.3, -0.25) is 9.59 Å². The molecule has 2 heterocycles. The van der Waals surface area contributed by atoms with Crippen LogP contribution < -0.4 is 4.90 Å². The fourth-order valence-electron chi connectivity index (χ4n) is 5.54. The topological polar surface area (TPSA) is 66.9 Å². The van der Waals surface area contributed by atoms with Crippen LogP contribution >= 0.6 is 0 Å². The van der Waals surface area contributed by atoms with Gasteiger partial charge in [0.2, 0.25) is 5.91 Å².